The molecule has 0 fully saturated rings. The van der Waals surface area contributed by atoms with Gasteiger partial charge in [0.2, 0.25) is 0 Å². The fraction of sp³-hybridized carbons (Fsp3) is 0.875. The topological polar surface area (TPSA) is 74.0 Å². The summed E-state index contributed by atoms with van der Waals surface area (Å²) in [4.78, 5) is 14.8. The Hall–Kier alpha value is -0.530. The fourth-order valence-electron chi connectivity index (χ4n) is 0.775. The van der Waals surface area contributed by atoms with Gasteiger partial charge < -0.3 is 24.8 Å². The van der Waals surface area contributed by atoms with Crippen LogP contribution in [0.2, 0.25) is 0 Å². The first-order valence-corrected chi connectivity index (χ1v) is 4.43. The third-order valence-corrected chi connectivity index (χ3v) is 1.50. The van der Waals surface area contributed by atoms with E-state index in [9.17, 15) is 4.79 Å². The number of hydroxylamine groups is 2. The van der Waals surface area contributed by atoms with Crippen molar-refractivity contribution in [1.29, 1.82) is 0 Å². The number of ether oxygens (including phenoxy) is 2. The summed E-state index contributed by atoms with van der Waals surface area (Å²) in [5.41, 5.74) is 5.35. The van der Waals surface area contributed by atoms with Crippen molar-refractivity contribution in [3.8, 4) is 0 Å². The Labute approximate surface area is 83.8 Å². The molecule has 0 aliphatic rings. The van der Waals surface area contributed by atoms with Gasteiger partial charge in [-0.3, -0.25) is 0 Å². The highest BCUT2D eigenvalue weighted by Gasteiger charge is 1.98. The molecule has 0 rings (SSSR count). The van der Waals surface area contributed by atoms with Crippen LogP contribution < -0.4 is 5.73 Å². The minimum atomic E-state index is 0.121. The van der Waals surface area contributed by atoms with Crippen molar-refractivity contribution in [2.75, 3.05) is 46.8 Å². The van der Waals surface area contributed by atoms with Crippen LogP contribution in [0.1, 0.15) is 0 Å². The molecule has 0 radical (unpaired) electrons. The molecule has 0 aromatic heterocycles. The molecule has 0 heterocycles. The van der Waals surface area contributed by atoms with Gasteiger partial charge in [-0.1, -0.05) is 0 Å². The van der Waals surface area contributed by atoms with Gasteiger partial charge in [0.05, 0.1) is 33.6 Å². The van der Waals surface area contributed by atoms with Crippen LogP contribution in [0.25, 0.3) is 0 Å². The fourth-order valence-corrected chi connectivity index (χ4v) is 0.775. The number of hydrogen-bond donors (Lipinski definition) is 1. The second kappa shape index (κ2) is 10.6. The highest BCUT2D eigenvalue weighted by atomic mass is 16.7. The largest absolute Gasteiger partial charge is 0.378 e. The Balaban J connectivity index is 3.08. The van der Waals surface area contributed by atoms with Crippen molar-refractivity contribution >= 4 is 6.29 Å². The van der Waals surface area contributed by atoms with Gasteiger partial charge in [-0.25, -0.2) is 0 Å². The lowest BCUT2D eigenvalue weighted by atomic mass is 10.6. The Bertz CT molecular complexity index is 131. The van der Waals surface area contributed by atoms with E-state index in [2.05, 4.69) is 0 Å². The number of carbonyl (C=O) groups is 1. The molecule has 0 aliphatic carbocycles. The van der Waals surface area contributed by atoms with E-state index in [1.54, 1.807) is 12.2 Å². The SMILES string of the molecule is CON(CN)CCOCCOCC=O. The predicted molar refractivity (Wildman–Crippen MR) is 50.5 cm³/mol. The summed E-state index contributed by atoms with van der Waals surface area (Å²) in [5, 5.41) is 1.58. The van der Waals surface area contributed by atoms with E-state index >= 15 is 0 Å². The summed E-state index contributed by atoms with van der Waals surface area (Å²) >= 11 is 0. The third-order valence-electron chi connectivity index (χ3n) is 1.50. The summed E-state index contributed by atoms with van der Waals surface area (Å²) in [7, 11) is 1.56. The molecule has 6 nitrogen and oxygen atoms in total. The summed E-state index contributed by atoms with van der Waals surface area (Å²) in [6, 6.07) is 0. The monoisotopic (exact) mass is 206 g/mol. The molecular formula is C8H18N2O4. The van der Waals surface area contributed by atoms with E-state index in [0.717, 1.165) is 0 Å². The molecule has 0 atom stereocenters. The van der Waals surface area contributed by atoms with Crippen LogP contribution in [-0.4, -0.2) is 58.1 Å². The second-order valence-corrected chi connectivity index (χ2v) is 2.42. The molecule has 2 N–H and O–H groups in total. The van der Waals surface area contributed by atoms with Gasteiger partial charge in [0.25, 0.3) is 0 Å². The predicted octanol–water partition coefficient (Wildman–Crippen LogP) is -1.00. The first kappa shape index (κ1) is 13.5. The molecule has 14 heavy (non-hydrogen) atoms. The smallest absolute Gasteiger partial charge is 0.145 e. The zero-order valence-electron chi connectivity index (χ0n) is 8.48. The van der Waals surface area contributed by atoms with Crippen LogP contribution >= 0.6 is 0 Å². The van der Waals surface area contributed by atoms with Crippen LogP contribution in [-0.2, 0) is 19.1 Å². The van der Waals surface area contributed by atoms with Crippen molar-refractivity contribution in [2.24, 2.45) is 5.73 Å². The molecule has 0 bridgehead atoms. The average molecular weight is 206 g/mol. The van der Waals surface area contributed by atoms with Crippen LogP contribution in [0.5, 0.6) is 0 Å². The number of carbonyl (C=O) groups excluding carboxylic acids is 1. The van der Waals surface area contributed by atoms with Crippen molar-refractivity contribution < 1.29 is 19.1 Å². The molecular weight excluding hydrogens is 188 g/mol. The highest BCUT2D eigenvalue weighted by molar-refractivity contribution is 5.50. The molecule has 0 saturated carbocycles. The Morgan fingerprint density at radius 1 is 1.29 bits per heavy atom. The van der Waals surface area contributed by atoms with Gasteiger partial charge >= 0.3 is 0 Å². The molecule has 0 spiro atoms. The number of hydrogen-bond acceptors (Lipinski definition) is 6. The summed E-state index contributed by atoms with van der Waals surface area (Å²) in [5.74, 6) is 0. The Morgan fingerprint density at radius 3 is 2.57 bits per heavy atom. The number of nitrogens with zero attached hydrogens (tertiary/aromatic N) is 1. The molecule has 0 aliphatic heterocycles. The second-order valence-electron chi connectivity index (χ2n) is 2.42. The van der Waals surface area contributed by atoms with Crippen LogP contribution in [0, 0.1) is 0 Å². The van der Waals surface area contributed by atoms with Crippen molar-refractivity contribution in [1.82, 2.24) is 5.06 Å². The molecule has 84 valence electrons. The maximum atomic E-state index is 9.86. The molecule has 0 aromatic rings. The molecule has 0 saturated heterocycles. The van der Waals surface area contributed by atoms with Crippen molar-refractivity contribution in [2.45, 2.75) is 0 Å². The molecule has 6 heteroatoms. The lowest BCUT2D eigenvalue weighted by molar-refractivity contribution is -0.140. The number of rotatable bonds is 10. The lowest BCUT2D eigenvalue weighted by Gasteiger charge is -2.16. The van der Waals surface area contributed by atoms with E-state index in [4.69, 9.17) is 20.0 Å². The zero-order valence-corrected chi connectivity index (χ0v) is 8.48. The third kappa shape index (κ3) is 8.09. The van der Waals surface area contributed by atoms with E-state index in [1.165, 1.54) is 0 Å². The molecule has 0 amide bonds. The normalized spacial score (nSPS) is 10.8. The first-order chi connectivity index (χ1) is 6.85. The van der Waals surface area contributed by atoms with Gasteiger partial charge in [0.1, 0.15) is 12.9 Å². The summed E-state index contributed by atoms with van der Waals surface area (Å²) in [6.45, 7) is 2.48. The summed E-state index contributed by atoms with van der Waals surface area (Å²) in [6.07, 6.45) is 0.709. The van der Waals surface area contributed by atoms with Crippen LogP contribution in [0.15, 0.2) is 0 Å². The summed E-state index contributed by atoms with van der Waals surface area (Å²) < 4.78 is 10.1. The number of aldehydes is 1. The van der Waals surface area contributed by atoms with Gasteiger partial charge in [-0.15, -0.1) is 0 Å². The molecule has 0 unspecified atom stereocenters. The van der Waals surface area contributed by atoms with Gasteiger partial charge in [0, 0.05) is 6.54 Å². The van der Waals surface area contributed by atoms with E-state index in [0.29, 0.717) is 39.3 Å². The molecule has 0 aromatic carbocycles. The van der Waals surface area contributed by atoms with Gasteiger partial charge in [-0.05, 0) is 0 Å². The standard InChI is InChI=1S/C8H18N2O4/c1-12-10(8-9)2-4-13-6-7-14-5-3-11/h3H,2,4-9H2,1H3. The Morgan fingerprint density at radius 2 is 2.00 bits per heavy atom. The lowest BCUT2D eigenvalue weighted by Crippen LogP contribution is -2.32. The number of nitrogens with two attached hydrogens (primary N) is 1. The van der Waals surface area contributed by atoms with E-state index < -0.39 is 0 Å². The van der Waals surface area contributed by atoms with Gasteiger partial charge in [0.15, 0.2) is 0 Å². The van der Waals surface area contributed by atoms with E-state index in [-0.39, 0.29) is 6.61 Å². The van der Waals surface area contributed by atoms with Crippen LogP contribution in [0.4, 0.5) is 0 Å². The average Bonchev–Trinajstić information content (AvgIpc) is 2.22. The van der Waals surface area contributed by atoms with Crippen molar-refractivity contribution in [3.63, 3.8) is 0 Å². The zero-order chi connectivity index (χ0) is 10.6. The van der Waals surface area contributed by atoms with Crippen LogP contribution in [0.3, 0.4) is 0 Å². The van der Waals surface area contributed by atoms with E-state index in [1.807, 2.05) is 0 Å². The minimum absolute atomic E-state index is 0.121. The Kier molecular flexibility index (Phi) is 10.2. The van der Waals surface area contributed by atoms with Gasteiger partial charge in [-0.2, -0.15) is 5.06 Å². The minimum Gasteiger partial charge on any atom is -0.378 e. The quantitative estimate of drug-likeness (QED) is 0.214. The van der Waals surface area contributed by atoms with Crippen molar-refractivity contribution in [3.05, 3.63) is 0 Å². The maximum absolute atomic E-state index is 9.86. The maximum Gasteiger partial charge on any atom is 0.145 e. The highest BCUT2D eigenvalue weighted by Crippen LogP contribution is 1.85. The first-order valence-electron chi connectivity index (χ1n) is 4.43.